The third-order valence-electron chi connectivity index (χ3n) is 5.52. The van der Waals surface area contributed by atoms with Crippen molar-refractivity contribution in [2.75, 3.05) is 0 Å². The SMILES string of the molecule is N#Cc1ccc(CNC(=O)C2Cc3nc[nH]c3CN2Cc2ccc(C(F)(F)F)cc2)cc1. The molecule has 4 rings (SSSR count). The molecule has 9 heteroatoms. The molecule has 1 aromatic heterocycles. The Kier molecular flexibility index (Phi) is 5.97. The van der Waals surface area contributed by atoms with Crippen LogP contribution in [0.25, 0.3) is 0 Å². The van der Waals surface area contributed by atoms with Crippen LogP contribution in [0.3, 0.4) is 0 Å². The summed E-state index contributed by atoms with van der Waals surface area (Å²) in [5.74, 6) is -0.185. The molecule has 1 aliphatic rings. The van der Waals surface area contributed by atoms with Gasteiger partial charge in [-0.2, -0.15) is 18.4 Å². The Morgan fingerprint density at radius 2 is 1.84 bits per heavy atom. The van der Waals surface area contributed by atoms with Crippen molar-refractivity contribution >= 4 is 5.91 Å². The molecular weight excluding hydrogens is 419 g/mol. The maximum absolute atomic E-state index is 13.0. The van der Waals surface area contributed by atoms with E-state index in [2.05, 4.69) is 21.4 Å². The summed E-state index contributed by atoms with van der Waals surface area (Å²) in [5.41, 5.74) is 3.10. The number of halogens is 3. The van der Waals surface area contributed by atoms with E-state index in [0.717, 1.165) is 29.1 Å². The monoisotopic (exact) mass is 439 g/mol. The van der Waals surface area contributed by atoms with Crippen molar-refractivity contribution in [1.29, 1.82) is 5.26 Å². The van der Waals surface area contributed by atoms with Crippen LogP contribution in [0.1, 0.15) is 33.6 Å². The number of fused-ring (bicyclic) bond motifs is 1. The fraction of sp³-hybridized carbons (Fsp3) is 0.261. The highest BCUT2D eigenvalue weighted by molar-refractivity contribution is 5.82. The second-order valence-electron chi connectivity index (χ2n) is 7.67. The van der Waals surface area contributed by atoms with Gasteiger partial charge in [0.2, 0.25) is 5.91 Å². The van der Waals surface area contributed by atoms with E-state index >= 15 is 0 Å². The zero-order valence-electron chi connectivity index (χ0n) is 17.0. The molecule has 2 N–H and O–H groups in total. The molecule has 2 heterocycles. The number of hydrogen-bond acceptors (Lipinski definition) is 4. The molecule has 1 aliphatic heterocycles. The van der Waals surface area contributed by atoms with Crippen LogP contribution in [0.15, 0.2) is 54.9 Å². The van der Waals surface area contributed by atoms with Gasteiger partial charge in [-0.3, -0.25) is 9.69 Å². The number of carbonyl (C=O) groups is 1. The smallest absolute Gasteiger partial charge is 0.351 e. The molecule has 3 aromatic rings. The van der Waals surface area contributed by atoms with Crippen molar-refractivity contribution in [3.63, 3.8) is 0 Å². The zero-order valence-corrected chi connectivity index (χ0v) is 17.0. The molecule has 32 heavy (non-hydrogen) atoms. The maximum Gasteiger partial charge on any atom is 0.416 e. The molecule has 0 saturated carbocycles. The van der Waals surface area contributed by atoms with Crippen LogP contribution in [0, 0.1) is 11.3 Å². The minimum atomic E-state index is -4.39. The molecule has 0 saturated heterocycles. The summed E-state index contributed by atoms with van der Waals surface area (Å²) in [6.45, 7) is 1.07. The number of rotatable bonds is 5. The molecule has 164 valence electrons. The Bertz CT molecular complexity index is 1130. The molecule has 0 fully saturated rings. The third kappa shape index (κ3) is 4.81. The van der Waals surface area contributed by atoms with Crippen LogP contribution in [-0.4, -0.2) is 26.8 Å². The molecule has 0 aliphatic carbocycles. The number of alkyl halides is 3. The average molecular weight is 439 g/mol. The number of aromatic nitrogens is 2. The standard InChI is InChI=1S/C23H20F3N5O/c24-23(25,26)18-7-5-17(6-8-18)12-31-13-20-19(29-14-30-20)9-21(31)22(32)28-11-16-3-1-15(10-27)2-4-16/h1-8,14,21H,9,11-13H2,(H,28,32)(H,29,30). The normalized spacial score (nSPS) is 16.2. The lowest BCUT2D eigenvalue weighted by Crippen LogP contribution is -2.49. The highest BCUT2D eigenvalue weighted by atomic mass is 19.4. The molecular formula is C23H20F3N5O. The van der Waals surface area contributed by atoms with Gasteiger partial charge < -0.3 is 10.3 Å². The molecule has 0 spiro atoms. The van der Waals surface area contributed by atoms with Gasteiger partial charge >= 0.3 is 6.18 Å². The Balaban J connectivity index is 1.47. The molecule has 0 radical (unpaired) electrons. The number of benzene rings is 2. The lowest BCUT2D eigenvalue weighted by atomic mass is 10.00. The predicted octanol–water partition coefficient (Wildman–Crippen LogP) is 3.54. The van der Waals surface area contributed by atoms with Gasteiger partial charge in [-0.05, 0) is 35.4 Å². The van der Waals surface area contributed by atoms with E-state index < -0.39 is 17.8 Å². The van der Waals surface area contributed by atoms with Gasteiger partial charge in [0.25, 0.3) is 0 Å². The van der Waals surface area contributed by atoms with Crippen molar-refractivity contribution in [3.8, 4) is 6.07 Å². The van der Waals surface area contributed by atoms with Crippen LogP contribution in [0.4, 0.5) is 13.2 Å². The number of nitrogens with one attached hydrogen (secondary N) is 2. The number of hydrogen-bond donors (Lipinski definition) is 2. The molecule has 2 aromatic carbocycles. The number of carbonyl (C=O) groups excluding carboxylic acids is 1. The summed E-state index contributed by atoms with van der Waals surface area (Å²) in [7, 11) is 0. The molecule has 0 bridgehead atoms. The Hall–Kier alpha value is -3.64. The van der Waals surface area contributed by atoms with Gasteiger partial charge in [-0.1, -0.05) is 24.3 Å². The number of nitriles is 1. The van der Waals surface area contributed by atoms with E-state index in [1.165, 1.54) is 12.1 Å². The highest BCUT2D eigenvalue weighted by Gasteiger charge is 2.33. The van der Waals surface area contributed by atoms with Gasteiger partial charge in [0.15, 0.2) is 0 Å². The number of amides is 1. The van der Waals surface area contributed by atoms with E-state index in [1.54, 1.807) is 30.6 Å². The number of nitrogens with zero attached hydrogens (tertiary/aromatic N) is 3. The van der Waals surface area contributed by atoms with Crippen molar-refractivity contribution in [1.82, 2.24) is 20.2 Å². The van der Waals surface area contributed by atoms with Crippen LogP contribution in [-0.2, 0) is 37.0 Å². The van der Waals surface area contributed by atoms with Crippen molar-refractivity contribution < 1.29 is 18.0 Å². The zero-order chi connectivity index (χ0) is 22.7. The van der Waals surface area contributed by atoms with E-state index in [-0.39, 0.29) is 5.91 Å². The largest absolute Gasteiger partial charge is 0.416 e. The Morgan fingerprint density at radius 1 is 1.16 bits per heavy atom. The van der Waals surface area contributed by atoms with Crippen LogP contribution in [0.5, 0.6) is 0 Å². The molecule has 6 nitrogen and oxygen atoms in total. The topological polar surface area (TPSA) is 84.8 Å². The Labute approximate surface area is 182 Å². The second-order valence-corrected chi connectivity index (χ2v) is 7.67. The fourth-order valence-electron chi connectivity index (χ4n) is 3.75. The van der Waals surface area contributed by atoms with Gasteiger partial charge in [-0.15, -0.1) is 0 Å². The first kappa shape index (κ1) is 21.6. The molecule has 1 amide bonds. The summed E-state index contributed by atoms with van der Waals surface area (Å²) in [6, 6.07) is 13.5. The first-order valence-corrected chi connectivity index (χ1v) is 10.0. The first-order valence-electron chi connectivity index (χ1n) is 10.0. The van der Waals surface area contributed by atoms with Crippen LogP contribution >= 0.6 is 0 Å². The highest BCUT2D eigenvalue weighted by Crippen LogP contribution is 2.30. The van der Waals surface area contributed by atoms with E-state index in [0.29, 0.717) is 37.2 Å². The van der Waals surface area contributed by atoms with Crippen LogP contribution < -0.4 is 5.32 Å². The van der Waals surface area contributed by atoms with Crippen LogP contribution in [0.2, 0.25) is 0 Å². The molecule has 1 unspecified atom stereocenters. The predicted molar refractivity (Wildman–Crippen MR) is 110 cm³/mol. The van der Waals surface area contributed by atoms with Crippen molar-refractivity contribution in [3.05, 3.63) is 88.5 Å². The summed E-state index contributed by atoms with van der Waals surface area (Å²) in [5, 5.41) is 11.8. The Morgan fingerprint density at radius 3 is 2.50 bits per heavy atom. The lowest BCUT2D eigenvalue weighted by Gasteiger charge is -2.34. The average Bonchev–Trinajstić information content (AvgIpc) is 3.24. The quantitative estimate of drug-likeness (QED) is 0.637. The number of H-pyrrole nitrogens is 1. The lowest BCUT2D eigenvalue weighted by molar-refractivity contribution is -0.137. The first-order chi connectivity index (χ1) is 15.3. The minimum absolute atomic E-state index is 0.185. The third-order valence-corrected chi connectivity index (χ3v) is 5.52. The van der Waals surface area contributed by atoms with Crippen molar-refractivity contribution in [2.45, 2.75) is 38.3 Å². The number of imidazole rings is 1. The van der Waals surface area contributed by atoms with Gasteiger partial charge in [0, 0.05) is 26.1 Å². The second kappa shape index (κ2) is 8.85. The summed E-state index contributed by atoms with van der Waals surface area (Å²) in [6.07, 6.45) is -2.40. The minimum Gasteiger partial charge on any atom is -0.351 e. The van der Waals surface area contributed by atoms with Gasteiger partial charge in [0.1, 0.15) is 0 Å². The fourth-order valence-corrected chi connectivity index (χ4v) is 3.75. The molecule has 1 atom stereocenters. The van der Waals surface area contributed by atoms with E-state index in [1.807, 2.05) is 4.90 Å². The van der Waals surface area contributed by atoms with Gasteiger partial charge in [-0.25, -0.2) is 4.98 Å². The summed E-state index contributed by atoms with van der Waals surface area (Å²) < 4.78 is 38.6. The van der Waals surface area contributed by atoms with E-state index in [4.69, 9.17) is 5.26 Å². The summed E-state index contributed by atoms with van der Waals surface area (Å²) in [4.78, 5) is 22.3. The number of aromatic amines is 1. The maximum atomic E-state index is 13.0. The van der Waals surface area contributed by atoms with Gasteiger partial charge in [0.05, 0.1) is 41.0 Å². The van der Waals surface area contributed by atoms with E-state index in [9.17, 15) is 18.0 Å². The van der Waals surface area contributed by atoms with Crippen molar-refractivity contribution in [2.24, 2.45) is 0 Å². The summed E-state index contributed by atoms with van der Waals surface area (Å²) >= 11 is 0.